The second kappa shape index (κ2) is 6.72. The average molecular weight is 357 g/mol. The van der Waals surface area contributed by atoms with Crippen molar-refractivity contribution in [2.75, 3.05) is 13.1 Å². The molecule has 0 bridgehead atoms. The van der Waals surface area contributed by atoms with Crippen LogP contribution < -0.4 is 5.56 Å². The Balaban J connectivity index is 1.53. The number of likely N-dealkylation sites (tertiary alicyclic amines) is 1. The van der Waals surface area contributed by atoms with E-state index in [0.29, 0.717) is 5.92 Å². The molecule has 1 aliphatic heterocycles. The van der Waals surface area contributed by atoms with Gasteiger partial charge in [-0.25, -0.2) is 9.97 Å². The standard InChI is InChI=1S/C18H23N5OS/c1-3-22-8-6-19-17(22)14-5-4-7-21(11-14)12-15-9-16(24)23-10-13(2)25-18(23)20-15/h6,8-10,14H,3-5,7,11-12H2,1-2H3/t14-/m1/s1. The molecule has 0 unspecified atom stereocenters. The number of rotatable bonds is 4. The van der Waals surface area contributed by atoms with Crippen LogP contribution in [0, 0.1) is 6.92 Å². The number of aryl methyl sites for hydroxylation is 2. The van der Waals surface area contributed by atoms with Crippen molar-refractivity contribution < 1.29 is 0 Å². The van der Waals surface area contributed by atoms with Crippen molar-refractivity contribution in [3.63, 3.8) is 0 Å². The highest BCUT2D eigenvalue weighted by Gasteiger charge is 2.25. The molecule has 0 aromatic carbocycles. The molecule has 0 N–H and O–H groups in total. The van der Waals surface area contributed by atoms with E-state index >= 15 is 0 Å². The molecule has 4 rings (SSSR count). The number of aromatic nitrogens is 4. The Bertz CT molecular complexity index is 940. The Morgan fingerprint density at radius 3 is 3.12 bits per heavy atom. The van der Waals surface area contributed by atoms with Gasteiger partial charge in [-0.1, -0.05) is 0 Å². The first kappa shape index (κ1) is 16.5. The van der Waals surface area contributed by atoms with E-state index in [0.717, 1.165) is 48.1 Å². The summed E-state index contributed by atoms with van der Waals surface area (Å²) >= 11 is 1.57. The van der Waals surface area contributed by atoms with E-state index in [9.17, 15) is 4.79 Å². The minimum atomic E-state index is 0.0134. The Morgan fingerprint density at radius 2 is 2.28 bits per heavy atom. The Hall–Kier alpha value is -1.99. The lowest BCUT2D eigenvalue weighted by Gasteiger charge is -2.32. The first-order valence-corrected chi connectivity index (χ1v) is 9.68. The maximum atomic E-state index is 12.3. The van der Waals surface area contributed by atoms with Gasteiger partial charge in [0.25, 0.3) is 5.56 Å². The molecular formula is C18H23N5OS. The molecule has 25 heavy (non-hydrogen) atoms. The van der Waals surface area contributed by atoms with Gasteiger partial charge in [-0.3, -0.25) is 14.1 Å². The van der Waals surface area contributed by atoms with Gasteiger partial charge in [-0.05, 0) is 33.2 Å². The van der Waals surface area contributed by atoms with E-state index in [2.05, 4.69) is 27.6 Å². The minimum Gasteiger partial charge on any atom is -0.335 e. The van der Waals surface area contributed by atoms with Crippen molar-refractivity contribution >= 4 is 16.3 Å². The summed E-state index contributed by atoms with van der Waals surface area (Å²) in [4.78, 5) is 25.9. The first-order valence-electron chi connectivity index (χ1n) is 8.86. The molecule has 0 amide bonds. The van der Waals surface area contributed by atoms with Crippen LogP contribution in [0.25, 0.3) is 4.96 Å². The molecular weight excluding hydrogens is 334 g/mol. The lowest BCUT2D eigenvalue weighted by atomic mass is 9.97. The maximum Gasteiger partial charge on any atom is 0.258 e. The Labute approximate surface area is 150 Å². The van der Waals surface area contributed by atoms with Crippen LogP contribution in [0.4, 0.5) is 0 Å². The highest BCUT2D eigenvalue weighted by Crippen LogP contribution is 2.26. The van der Waals surface area contributed by atoms with Crippen LogP contribution in [0.2, 0.25) is 0 Å². The van der Waals surface area contributed by atoms with E-state index in [4.69, 9.17) is 4.98 Å². The molecule has 1 saturated heterocycles. The third-order valence-electron chi connectivity index (χ3n) is 4.88. The van der Waals surface area contributed by atoms with Gasteiger partial charge in [-0.15, -0.1) is 11.3 Å². The highest BCUT2D eigenvalue weighted by atomic mass is 32.1. The SMILES string of the molecule is CCn1ccnc1[C@@H]1CCCN(Cc2cc(=O)n3cc(C)sc3n2)C1. The number of piperidine rings is 1. The van der Waals surface area contributed by atoms with Crippen LogP contribution in [0.3, 0.4) is 0 Å². The maximum absolute atomic E-state index is 12.3. The van der Waals surface area contributed by atoms with Crippen LogP contribution in [0.15, 0.2) is 29.5 Å². The summed E-state index contributed by atoms with van der Waals surface area (Å²) in [7, 11) is 0. The lowest BCUT2D eigenvalue weighted by Crippen LogP contribution is -2.35. The van der Waals surface area contributed by atoms with Crippen LogP contribution in [0.5, 0.6) is 0 Å². The molecule has 0 spiro atoms. The predicted molar refractivity (Wildman–Crippen MR) is 99.2 cm³/mol. The molecule has 0 saturated carbocycles. The lowest BCUT2D eigenvalue weighted by molar-refractivity contribution is 0.193. The van der Waals surface area contributed by atoms with Gasteiger partial charge in [0.2, 0.25) is 0 Å². The van der Waals surface area contributed by atoms with Crippen molar-refractivity contribution in [2.24, 2.45) is 0 Å². The van der Waals surface area contributed by atoms with Crippen molar-refractivity contribution in [1.29, 1.82) is 0 Å². The van der Waals surface area contributed by atoms with E-state index in [-0.39, 0.29) is 5.56 Å². The second-order valence-electron chi connectivity index (χ2n) is 6.73. The predicted octanol–water partition coefficient (Wildman–Crippen LogP) is 2.66. The largest absolute Gasteiger partial charge is 0.335 e. The molecule has 0 radical (unpaired) electrons. The Morgan fingerprint density at radius 1 is 1.40 bits per heavy atom. The number of nitrogens with zero attached hydrogens (tertiary/aromatic N) is 5. The van der Waals surface area contributed by atoms with Crippen molar-refractivity contribution in [1.82, 2.24) is 23.8 Å². The van der Waals surface area contributed by atoms with E-state index < -0.39 is 0 Å². The van der Waals surface area contributed by atoms with Crippen LogP contribution in [-0.4, -0.2) is 36.9 Å². The molecule has 132 valence electrons. The zero-order valence-electron chi connectivity index (χ0n) is 14.7. The topological polar surface area (TPSA) is 55.4 Å². The molecule has 3 aromatic heterocycles. The van der Waals surface area contributed by atoms with Gasteiger partial charge >= 0.3 is 0 Å². The number of hydrogen-bond donors (Lipinski definition) is 0. The highest BCUT2D eigenvalue weighted by molar-refractivity contribution is 7.16. The zero-order chi connectivity index (χ0) is 17.4. The molecule has 3 aromatic rings. The van der Waals surface area contributed by atoms with E-state index in [1.54, 1.807) is 21.8 Å². The summed E-state index contributed by atoms with van der Waals surface area (Å²) in [5.41, 5.74) is 0.880. The molecule has 0 aliphatic carbocycles. The third-order valence-corrected chi connectivity index (χ3v) is 5.78. The monoisotopic (exact) mass is 357 g/mol. The molecule has 6 nitrogen and oxygen atoms in total. The number of imidazole rings is 1. The van der Waals surface area contributed by atoms with Crippen LogP contribution >= 0.6 is 11.3 Å². The molecule has 4 heterocycles. The summed E-state index contributed by atoms with van der Waals surface area (Å²) in [6.07, 6.45) is 8.14. The van der Waals surface area contributed by atoms with Gasteiger partial charge in [-0.2, -0.15) is 0 Å². The summed E-state index contributed by atoms with van der Waals surface area (Å²) in [5, 5.41) is 0. The first-order chi connectivity index (χ1) is 12.1. The number of thiazole rings is 1. The van der Waals surface area contributed by atoms with Gasteiger partial charge < -0.3 is 4.57 Å². The summed E-state index contributed by atoms with van der Waals surface area (Å²) in [6, 6.07) is 1.68. The summed E-state index contributed by atoms with van der Waals surface area (Å²) < 4.78 is 3.87. The normalized spacial score (nSPS) is 18.9. The van der Waals surface area contributed by atoms with Crippen molar-refractivity contribution in [3.8, 4) is 0 Å². The fourth-order valence-electron chi connectivity index (χ4n) is 3.73. The number of fused-ring (bicyclic) bond motifs is 1. The van der Waals surface area contributed by atoms with Gasteiger partial charge in [0.15, 0.2) is 4.96 Å². The average Bonchev–Trinajstić information content (AvgIpc) is 3.21. The summed E-state index contributed by atoms with van der Waals surface area (Å²) in [6.45, 7) is 7.87. The fourth-order valence-corrected chi connectivity index (χ4v) is 4.58. The zero-order valence-corrected chi connectivity index (χ0v) is 15.5. The Kier molecular flexibility index (Phi) is 4.43. The smallest absolute Gasteiger partial charge is 0.258 e. The quantitative estimate of drug-likeness (QED) is 0.720. The fraction of sp³-hybridized carbons (Fsp3) is 0.500. The van der Waals surface area contributed by atoms with Crippen LogP contribution in [-0.2, 0) is 13.1 Å². The van der Waals surface area contributed by atoms with Gasteiger partial charge in [0.05, 0.1) is 5.69 Å². The summed E-state index contributed by atoms with van der Waals surface area (Å²) in [5.74, 6) is 1.64. The number of hydrogen-bond acceptors (Lipinski definition) is 5. The van der Waals surface area contributed by atoms with Crippen molar-refractivity contribution in [3.05, 3.63) is 51.4 Å². The second-order valence-corrected chi connectivity index (χ2v) is 7.94. The van der Waals surface area contributed by atoms with Crippen molar-refractivity contribution in [2.45, 2.75) is 45.7 Å². The van der Waals surface area contributed by atoms with E-state index in [1.165, 1.54) is 12.2 Å². The molecule has 1 aliphatic rings. The molecule has 7 heteroatoms. The molecule has 1 fully saturated rings. The van der Waals surface area contributed by atoms with Gasteiger partial charge in [0.1, 0.15) is 5.82 Å². The van der Waals surface area contributed by atoms with Gasteiger partial charge in [0, 0.05) is 55.1 Å². The van der Waals surface area contributed by atoms with Crippen LogP contribution in [0.1, 0.15) is 42.1 Å². The molecule has 1 atom stereocenters. The minimum absolute atomic E-state index is 0.0134. The third kappa shape index (κ3) is 3.26. The van der Waals surface area contributed by atoms with E-state index in [1.807, 2.05) is 19.3 Å².